The lowest BCUT2D eigenvalue weighted by Crippen LogP contribution is -2.47. The number of aromatic nitrogens is 2. The van der Waals surface area contributed by atoms with Crippen LogP contribution in [0, 0.1) is 18.8 Å². The molecular weight excluding hydrogens is 547 g/mol. The summed E-state index contributed by atoms with van der Waals surface area (Å²) in [7, 11) is -1.45. The van der Waals surface area contributed by atoms with Gasteiger partial charge in [0.1, 0.15) is 17.8 Å². The maximum absolute atomic E-state index is 13.4. The van der Waals surface area contributed by atoms with E-state index in [1.54, 1.807) is 29.6 Å². The number of carbonyl (C=O) groups excluding carboxylic acids is 1. The van der Waals surface area contributed by atoms with Crippen LogP contribution in [0.4, 0.5) is 11.5 Å². The molecule has 3 heterocycles. The highest BCUT2D eigenvalue weighted by Crippen LogP contribution is 2.42. The van der Waals surface area contributed by atoms with Gasteiger partial charge in [-0.15, -0.1) is 0 Å². The molecule has 5 rings (SSSR count). The molecule has 1 N–H and O–H groups in total. The van der Waals surface area contributed by atoms with E-state index in [0.717, 1.165) is 44.5 Å². The van der Waals surface area contributed by atoms with Gasteiger partial charge in [-0.05, 0) is 62.6 Å². The summed E-state index contributed by atoms with van der Waals surface area (Å²) in [5.74, 6) is 1.58. The Morgan fingerprint density at radius 3 is 2.34 bits per heavy atom. The number of likely N-dealkylation sites (tertiary alicyclic amines) is 2. The summed E-state index contributed by atoms with van der Waals surface area (Å²) in [6, 6.07) is 5.80. The first kappa shape index (κ1) is 27.6. The quantitative estimate of drug-likeness (QED) is 0.550. The molecule has 1 amide bonds. The minimum absolute atomic E-state index is 0.0783. The third-order valence-electron chi connectivity index (χ3n) is 8.53. The zero-order valence-electron chi connectivity index (χ0n) is 21.9. The minimum atomic E-state index is -3.15. The van der Waals surface area contributed by atoms with Crippen molar-refractivity contribution in [2.45, 2.75) is 44.7 Å². The summed E-state index contributed by atoms with van der Waals surface area (Å²) >= 11 is 12.1. The summed E-state index contributed by atoms with van der Waals surface area (Å²) in [5, 5.41) is 4.12. The monoisotopic (exact) mass is 580 g/mol. The lowest BCUT2D eigenvalue weighted by molar-refractivity contribution is 0.0628. The summed E-state index contributed by atoms with van der Waals surface area (Å²) in [4.78, 5) is 26.5. The third-order valence-corrected chi connectivity index (χ3v) is 10.6. The predicted octanol–water partition coefficient (Wildman–Crippen LogP) is 4.04. The Kier molecular flexibility index (Phi) is 7.90. The molecule has 3 fully saturated rings. The molecule has 0 radical (unpaired) electrons. The summed E-state index contributed by atoms with van der Waals surface area (Å²) in [6.45, 7) is 5.26. The molecule has 3 atom stereocenters. The average molecular weight is 582 g/mol. The number of nitrogens with zero attached hydrogens (tertiary/aromatic N) is 5. The molecule has 1 unspecified atom stereocenters. The van der Waals surface area contributed by atoms with Gasteiger partial charge in [-0.25, -0.2) is 22.7 Å². The molecule has 1 aromatic heterocycles. The second kappa shape index (κ2) is 10.9. The maximum Gasteiger partial charge on any atom is 0.272 e. The van der Waals surface area contributed by atoms with Crippen molar-refractivity contribution in [1.29, 1.82) is 0 Å². The number of halogens is 2. The van der Waals surface area contributed by atoms with Crippen molar-refractivity contribution in [2.24, 2.45) is 11.8 Å². The zero-order valence-corrected chi connectivity index (χ0v) is 24.2. The number of rotatable bonds is 6. The van der Waals surface area contributed by atoms with Crippen molar-refractivity contribution < 1.29 is 13.2 Å². The topological polar surface area (TPSA) is 98.7 Å². The van der Waals surface area contributed by atoms with E-state index in [1.165, 1.54) is 12.6 Å². The van der Waals surface area contributed by atoms with Gasteiger partial charge < -0.3 is 10.2 Å². The largest absolute Gasteiger partial charge is 0.340 e. The summed E-state index contributed by atoms with van der Waals surface area (Å²) < 4.78 is 25.4. The van der Waals surface area contributed by atoms with Crippen molar-refractivity contribution in [1.82, 2.24) is 24.1 Å². The van der Waals surface area contributed by atoms with Crippen LogP contribution >= 0.6 is 23.2 Å². The Hall–Kier alpha value is -1.98. The molecule has 2 aliphatic heterocycles. The van der Waals surface area contributed by atoms with Gasteiger partial charge in [0.15, 0.2) is 0 Å². The number of hydrogen-bond acceptors (Lipinski definition) is 7. The Balaban J connectivity index is 1.16. The van der Waals surface area contributed by atoms with Gasteiger partial charge in [-0.1, -0.05) is 23.2 Å². The number of anilines is 2. The highest BCUT2D eigenvalue weighted by Gasteiger charge is 2.45. The SMILES string of the molecule is Cc1c(Nc2ccc(Cl)c(Cl)c2)ncnc1C(=O)N1CCC(N2C[C@H]3CC(N(C)S(C)(=O)=O)C[C@H]3C2)CC1. The highest BCUT2D eigenvalue weighted by atomic mass is 35.5. The molecule has 0 spiro atoms. The molecule has 2 aromatic rings. The number of piperidine rings is 1. The smallest absolute Gasteiger partial charge is 0.272 e. The number of benzene rings is 1. The van der Waals surface area contributed by atoms with E-state index >= 15 is 0 Å². The number of carbonyl (C=O) groups is 1. The van der Waals surface area contributed by atoms with Crippen LogP contribution in [0.15, 0.2) is 24.5 Å². The lowest BCUT2D eigenvalue weighted by atomic mass is 10.0. The Bertz CT molecular complexity index is 1300. The first-order valence-corrected chi connectivity index (χ1v) is 15.6. The van der Waals surface area contributed by atoms with Gasteiger partial charge >= 0.3 is 0 Å². The molecule has 38 heavy (non-hydrogen) atoms. The van der Waals surface area contributed by atoms with Crippen molar-refractivity contribution >= 4 is 50.6 Å². The number of nitrogens with one attached hydrogen (secondary N) is 1. The van der Waals surface area contributed by atoms with Crippen molar-refractivity contribution in [3.63, 3.8) is 0 Å². The van der Waals surface area contributed by atoms with E-state index in [2.05, 4.69) is 20.2 Å². The zero-order chi connectivity index (χ0) is 27.2. The third kappa shape index (κ3) is 5.65. The van der Waals surface area contributed by atoms with Crippen molar-refractivity contribution in [3.8, 4) is 0 Å². The van der Waals surface area contributed by atoms with Crippen LogP contribution in [0.3, 0.4) is 0 Å². The van der Waals surface area contributed by atoms with Gasteiger partial charge in [-0.2, -0.15) is 0 Å². The molecule has 0 bridgehead atoms. The van der Waals surface area contributed by atoms with Crippen LogP contribution in [-0.2, 0) is 10.0 Å². The van der Waals surface area contributed by atoms with Crippen LogP contribution in [0.25, 0.3) is 0 Å². The fourth-order valence-electron chi connectivity index (χ4n) is 6.26. The summed E-state index contributed by atoms with van der Waals surface area (Å²) in [6.07, 6.45) is 6.43. The van der Waals surface area contributed by atoms with E-state index in [9.17, 15) is 13.2 Å². The fourth-order valence-corrected chi connectivity index (χ4v) is 7.27. The Labute approximate surface area is 234 Å². The van der Waals surface area contributed by atoms with Crippen LogP contribution in [-0.4, -0.2) is 90.0 Å². The Morgan fingerprint density at radius 1 is 1.08 bits per heavy atom. The number of amides is 1. The molecule has 2 saturated heterocycles. The van der Waals surface area contributed by atoms with E-state index in [-0.39, 0.29) is 11.9 Å². The summed E-state index contributed by atoms with van der Waals surface area (Å²) in [5.41, 5.74) is 1.81. The molecule has 12 heteroatoms. The first-order valence-electron chi connectivity index (χ1n) is 13.0. The number of hydrogen-bond donors (Lipinski definition) is 1. The van der Waals surface area contributed by atoms with E-state index in [1.807, 2.05) is 11.8 Å². The molecule has 3 aliphatic rings. The Morgan fingerprint density at radius 2 is 1.74 bits per heavy atom. The van der Waals surface area contributed by atoms with Crippen LogP contribution in [0.1, 0.15) is 41.7 Å². The van der Waals surface area contributed by atoms with Gasteiger partial charge in [0.25, 0.3) is 5.91 Å². The normalized spacial score (nSPS) is 24.7. The predicted molar refractivity (Wildman–Crippen MR) is 150 cm³/mol. The lowest BCUT2D eigenvalue weighted by Gasteiger charge is -2.37. The molecule has 1 saturated carbocycles. The van der Waals surface area contributed by atoms with Crippen LogP contribution in [0.5, 0.6) is 0 Å². The molecule has 1 aliphatic carbocycles. The van der Waals surface area contributed by atoms with Gasteiger partial charge in [0.2, 0.25) is 10.0 Å². The van der Waals surface area contributed by atoms with Gasteiger partial charge in [0.05, 0.1) is 16.3 Å². The second-order valence-corrected chi connectivity index (χ2v) is 13.7. The van der Waals surface area contributed by atoms with E-state index in [0.29, 0.717) is 58.1 Å². The van der Waals surface area contributed by atoms with Crippen molar-refractivity contribution in [2.75, 3.05) is 44.8 Å². The van der Waals surface area contributed by atoms with Gasteiger partial charge in [0, 0.05) is 56.6 Å². The fraction of sp³-hybridized carbons (Fsp3) is 0.577. The van der Waals surface area contributed by atoms with Gasteiger partial charge in [-0.3, -0.25) is 9.69 Å². The standard InChI is InChI=1S/C26H34Cl2N6O3S/c1-16-24(29-15-30-25(16)31-19-4-5-22(27)23(28)12-19)26(35)33-8-6-20(7-9-33)34-13-17-10-21(11-18(17)14-34)32(2)38(3,36)37/h4-5,12,15,17-18,20-21H,6-11,13-14H2,1-3H3,(H,29,30,31)/t17-,18+,21?. The van der Waals surface area contributed by atoms with E-state index < -0.39 is 10.0 Å². The van der Waals surface area contributed by atoms with Crippen LogP contribution in [0.2, 0.25) is 10.0 Å². The molecule has 206 valence electrons. The highest BCUT2D eigenvalue weighted by molar-refractivity contribution is 7.88. The second-order valence-electron chi connectivity index (χ2n) is 10.9. The van der Waals surface area contributed by atoms with E-state index in [4.69, 9.17) is 23.2 Å². The molecular formula is C26H34Cl2N6O3S. The van der Waals surface area contributed by atoms with Crippen LogP contribution < -0.4 is 5.32 Å². The maximum atomic E-state index is 13.4. The van der Waals surface area contributed by atoms with Crippen molar-refractivity contribution in [3.05, 3.63) is 45.8 Å². The molecule has 1 aromatic carbocycles. The molecule has 9 nitrogen and oxygen atoms in total. The minimum Gasteiger partial charge on any atom is -0.340 e. The number of fused-ring (bicyclic) bond motifs is 1. The first-order chi connectivity index (χ1) is 18.0. The average Bonchev–Trinajstić information content (AvgIpc) is 3.46. The number of sulfonamides is 1.